The Morgan fingerprint density at radius 3 is 2.29 bits per heavy atom. The molecule has 4 rings (SSSR count). The Labute approximate surface area is 215 Å². The molecule has 34 heavy (non-hydrogen) atoms. The number of anilines is 1. The number of ether oxygens (including phenoxy) is 3. The summed E-state index contributed by atoms with van der Waals surface area (Å²) in [6.07, 6.45) is 1.75. The van der Waals surface area contributed by atoms with Crippen molar-refractivity contribution in [3.05, 3.63) is 74.7 Å². The van der Waals surface area contributed by atoms with Crippen molar-refractivity contribution >= 4 is 62.9 Å². The normalized spacial score (nSPS) is 15.8. The topological polar surface area (TPSA) is 80.6 Å². The standard InChI is InChI=1S/C25H21IN2O5S/c1-31-19-10-6-4-8-17(19)27-25-28(18-9-5-7-11-20(18)32-2)24(30)22(34-25)14-15-12-16(26)23(29)21(13-15)33-3/h4-14,29H,1-3H3/b22-14-,27-25?. The highest BCUT2D eigenvalue weighted by Crippen LogP contribution is 2.42. The van der Waals surface area contributed by atoms with Crippen LogP contribution in [0.5, 0.6) is 23.0 Å². The number of amidine groups is 1. The first-order valence-corrected chi connectivity index (χ1v) is 12.0. The molecule has 0 spiro atoms. The van der Waals surface area contributed by atoms with Crippen LogP contribution in [-0.2, 0) is 4.79 Å². The largest absolute Gasteiger partial charge is 0.504 e. The second-order valence-electron chi connectivity index (χ2n) is 7.04. The minimum atomic E-state index is -0.245. The van der Waals surface area contributed by atoms with E-state index in [1.54, 1.807) is 38.5 Å². The maximum Gasteiger partial charge on any atom is 0.271 e. The number of aliphatic imine (C=N–C) groups is 1. The summed E-state index contributed by atoms with van der Waals surface area (Å²) in [7, 11) is 4.62. The van der Waals surface area contributed by atoms with Crippen molar-refractivity contribution in [1.29, 1.82) is 0 Å². The lowest BCUT2D eigenvalue weighted by Gasteiger charge is -2.18. The zero-order valence-electron chi connectivity index (χ0n) is 18.6. The number of halogens is 1. The van der Waals surface area contributed by atoms with E-state index >= 15 is 0 Å². The number of phenols is 1. The maximum absolute atomic E-state index is 13.6. The van der Waals surface area contributed by atoms with Crippen molar-refractivity contribution in [2.24, 2.45) is 4.99 Å². The minimum absolute atomic E-state index is 0.0599. The number of nitrogens with zero attached hydrogens (tertiary/aromatic N) is 2. The van der Waals surface area contributed by atoms with E-state index < -0.39 is 0 Å². The molecule has 1 fully saturated rings. The van der Waals surface area contributed by atoms with E-state index in [2.05, 4.69) is 0 Å². The summed E-state index contributed by atoms with van der Waals surface area (Å²) in [6.45, 7) is 0. The molecule has 0 saturated carbocycles. The molecule has 0 unspecified atom stereocenters. The molecule has 3 aromatic rings. The summed E-state index contributed by atoms with van der Waals surface area (Å²) in [5.41, 5.74) is 1.90. The zero-order valence-corrected chi connectivity index (χ0v) is 21.6. The van der Waals surface area contributed by atoms with Gasteiger partial charge in [0.05, 0.1) is 35.5 Å². The summed E-state index contributed by atoms with van der Waals surface area (Å²) in [5, 5.41) is 10.6. The predicted molar refractivity (Wildman–Crippen MR) is 144 cm³/mol. The summed E-state index contributed by atoms with van der Waals surface area (Å²) >= 11 is 3.27. The molecule has 1 aliphatic heterocycles. The van der Waals surface area contributed by atoms with Crippen molar-refractivity contribution in [3.8, 4) is 23.0 Å². The van der Waals surface area contributed by atoms with Crippen LogP contribution in [0.25, 0.3) is 6.08 Å². The van der Waals surface area contributed by atoms with Crippen LogP contribution in [-0.4, -0.2) is 37.5 Å². The average molecular weight is 588 g/mol. The third-order valence-electron chi connectivity index (χ3n) is 5.00. The second kappa shape index (κ2) is 10.4. The maximum atomic E-state index is 13.6. The predicted octanol–water partition coefficient (Wildman–Crippen LogP) is 5.83. The number of aromatic hydroxyl groups is 1. The van der Waals surface area contributed by atoms with Crippen LogP contribution in [0.2, 0.25) is 0 Å². The third kappa shape index (κ3) is 4.71. The highest BCUT2D eigenvalue weighted by molar-refractivity contribution is 14.1. The minimum Gasteiger partial charge on any atom is -0.504 e. The van der Waals surface area contributed by atoms with Crippen molar-refractivity contribution < 1.29 is 24.1 Å². The van der Waals surface area contributed by atoms with Gasteiger partial charge in [0.15, 0.2) is 16.7 Å². The number of thioether (sulfide) groups is 1. The Kier molecular flexibility index (Phi) is 7.32. The highest BCUT2D eigenvalue weighted by atomic mass is 127. The van der Waals surface area contributed by atoms with E-state index in [-0.39, 0.29) is 11.7 Å². The van der Waals surface area contributed by atoms with Gasteiger partial charge in [0.2, 0.25) is 0 Å². The quantitative estimate of drug-likeness (QED) is 0.289. The van der Waals surface area contributed by atoms with Crippen molar-refractivity contribution in [1.82, 2.24) is 0 Å². The fraction of sp³-hybridized carbons (Fsp3) is 0.120. The summed E-state index contributed by atoms with van der Waals surface area (Å²) < 4.78 is 16.8. The van der Waals surface area contributed by atoms with Gasteiger partial charge >= 0.3 is 0 Å². The first kappa shape index (κ1) is 24.0. The van der Waals surface area contributed by atoms with E-state index in [1.807, 2.05) is 65.1 Å². The van der Waals surface area contributed by atoms with Crippen LogP contribution in [0.15, 0.2) is 70.6 Å². The molecule has 1 amide bonds. The molecule has 9 heteroatoms. The Bertz CT molecular complexity index is 1310. The van der Waals surface area contributed by atoms with Crippen LogP contribution in [0.1, 0.15) is 5.56 Å². The van der Waals surface area contributed by atoms with E-state index in [0.717, 1.165) is 0 Å². The molecule has 3 aromatic carbocycles. The average Bonchev–Trinajstić information content (AvgIpc) is 3.15. The molecule has 0 aliphatic carbocycles. The van der Waals surface area contributed by atoms with Gasteiger partial charge in [-0.3, -0.25) is 9.69 Å². The molecule has 1 saturated heterocycles. The number of carbonyl (C=O) groups is 1. The molecule has 174 valence electrons. The molecule has 0 atom stereocenters. The van der Waals surface area contributed by atoms with Crippen LogP contribution < -0.4 is 19.1 Å². The van der Waals surface area contributed by atoms with Gasteiger partial charge in [-0.2, -0.15) is 0 Å². The van der Waals surface area contributed by atoms with E-state index in [4.69, 9.17) is 19.2 Å². The number of amides is 1. The third-order valence-corrected chi connectivity index (χ3v) is 6.79. The van der Waals surface area contributed by atoms with Gasteiger partial charge < -0.3 is 19.3 Å². The Morgan fingerprint density at radius 2 is 1.59 bits per heavy atom. The number of hydrogen-bond donors (Lipinski definition) is 1. The van der Waals surface area contributed by atoms with Gasteiger partial charge in [0, 0.05) is 0 Å². The molecule has 0 aromatic heterocycles. The van der Waals surface area contributed by atoms with Crippen molar-refractivity contribution in [2.75, 3.05) is 26.2 Å². The first-order chi connectivity index (χ1) is 16.5. The summed E-state index contributed by atoms with van der Waals surface area (Å²) in [6, 6.07) is 18.1. The number of carbonyl (C=O) groups excluding carboxylic acids is 1. The number of methoxy groups -OCH3 is 3. The Morgan fingerprint density at radius 1 is 0.941 bits per heavy atom. The first-order valence-electron chi connectivity index (χ1n) is 10.1. The SMILES string of the molecule is COc1ccccc1N=C1S/C(=C\c2cc(I)c(O)c(OC)c2)C(=O)N1c1ccccc1OC. The molecular weight excluding hydrogens is 567 g/mol. The van der Waals surface area contributed by atoms with Gasteiger partial charge in [0.25, 0.3) is 5.91 Å². The highest BCUT2D eigenvalue weighted by Gasteiger charge is 2.36. The lowest BCUT2D eigenvalue weighted by molar-refractivity contribution is -0.113. The molecule has 1 aliphatic rings. The lowest BCUT2D eigenvalue weighted by Crippen LogP contribution is -2.29. The molecule has 0 radical (unpaired) electrons. The summed E-state index contributed by atoms with van der Waals surface area (Å²) in [5.74, 6) is 1.29. The Hall–Kier alpha value is -3.18. The van der Waals surface area contributed by atoms with Gasteiger partial charge in [-0.15, -0.1) is 0 Å². The van der Waals surface area contributed by atoms with Crippen LogP contribution in [0.3, 0.4) is 0 Å². The van der Waals surface area contributed by atoms with Gasteiger partial charge in [0.1, 0.15) is 17.2 Å². The molecule has 1 heterocycles. The van der Waals surface area contributed by atoms with Crippen molar-refractivity contribution in [3.63, 3.8) is 0 Å². The molecular formula is C25H21IN2O5S. The smallest absolute Gasteiger partial charge is 0.271 e. The Balaban J connectivity index is 1.85. The van der Waals surface area contributed by atoms with Gasteiger partial charge in [-0.1, -0.05) is 24.3 Å². The fourth-order valence-electron chi connectivity index (χ4n) is 3.38. The molecule has 7 nitrogen and oxygen atoms in total. The van der Waals surface area contributed by atoms with Crippen LogP contribution >= 0.6 is 34.4 Å². The summed E-state index contributed by atoms with van der Waals surface area (Å²) in [4.78, 5) is 20.4. The monoisotopic (exact) mass is 588 g/mol. The number of benzene rings is 3. The lowest BCUT2D eigenvalue weighted by atomic mass is 10.2. The number of para-hydroxylation sites is 4. The van der Waals surface area contributed by atoms with E-state index in [9.17, 15) is 9.90 Å². The number of hydrogen-bond acceptors (Lipinski definition) is 7. The van der Waals surface area contributed by atoms with Crippen molar-refractivity contribution in [2.45, 2.75) is 0 Å². The second-order valence-corrected chi connectivity index (χ2v) is 9.21. The van der Waals surface area contributed by atoms with Crippen LogP contribution in [0.4, 0.5) is 11.4 Å². The van der Waals surface area contributed by atoms with Crippen LogP contribution in [0, 0.1) is 3.57 Å². The van der Waals surface area contributed by atoms with E-state index in [0.29, 0.717) is 47.8 Å². The zero-order chi connectivity index (χ0) is 24.2. The molecule has 1 N–H and O–H groups in total. The fourth-order valence-corrected chi connectivity index (χ4v) is 5.00. The number of rotatable bonds is 6. The van der Waals surface area contributed by atoms with E-state index in [1.165, 1.54) is 23.8 Å². The molecule has 0 bridgehead atoms. The van der Waals surface area contributed by atoms with Gasteiger partial charge in [-0.25, -0.2) is 4.99 Å². The number of phenolic OH excluding ortho intramolecular Hbond substituents is 1. The van der Waals surface area contributed by atoms with Gasteiger partial charge in [-0.05, 0) is 82.4 Å².